The van der Waals surface area contributed by atoms with Crippen molar-refractivity contribution < 1.29 is 37.0 Å². The number of phenols is 1. The fourth-order valence-electron chi connectivity index (χ4n) is 4.31. The van der Waals surface area contributed by atoms with Gasteiger partial charge in [-0.2, -0.15) is 13.2 Å². The molecule has 0 aromatic heterocycles. The number of hydrogen-bond acceptors (Lipinski definition) is 4. The third-order valence-electron chi connectivity index (χ3n) is 6.52. The van der Waals surface area contributed by atoms with E-state index in [2.05, 4.69) is 5.32 Å². The maximum absolute atomic E-state index is 13.6. The number of aromatic hydroxyl groups is 1. The molecule has 0 unspecified atom stereocenters. The number of nitrogens with one attached hydrogen (secondary N) is 1. The lowest BCUT2D eigenvalue weighted by atomic mass is 9.99. The van der Waals surface area contributed by atoms with Crippen molar-refractivity contribution in [3.63, 3.8) is 0 Å². The predicted molar refractivity (Wildman–Crippen MR) is 156 cm³/mol. The zero-order valence-corrected chi connectivity index (χ0v) is 23.5. The molecule has 1 amide bonds. The molecular formula is C33H26ClF4NO4. The lowest BCUT2D eigenvalue weighted by Gasteiger charge is -2.17. The quantitative estimate of drug-likeness (QED) is 0.114. The SMILES string of the molecule is CCOC(=O)C=C[C@@H](Cc1ccc(-c2ccc(F)c(Cl)c2)cc1)NC(=O)c1cc(-c2ccc(C(F)(F)F)cc2)ccc1O. The summed E-state index contributed by atoms with van der Waals surface area (Å²) in [5, 5.41) is 13.2. The van der Waals surface area contributed by atoms with Crippen molar-refractivity contribution in [3.05, 3.63) is 125 Å². The fourth-order valence-corrected chi connectivity index (χ4v) is 4.49. The van der Waals surface area contributed by atoms with Crippen molar-refractivity contribution in [2.45, 2.75) is 25.6 Å². The Labute approximate surface area is 250 Å². The molecule has 0 aliphatic rings. The number of ether oxygens (including phenoxy) is 1. The second-order valence-electron chi connectivity index (χ2n) is 9.53. The Morgan fingerprint density at radius 3 is 2.09 bits per heavy atom. The van der Waals surface area contributed by atoms with Crippen LogP contribution in [0.25, 0.3) is 22.3 Å². The largest absolute Gasteiger partial charge is 0.507 e. The molecule has 0 radical (unpaired) electrons. The molecule has 0 fully saturated rings. The molecule has 4 rings (SSSR count). The van der Waals surface area contributed by atoms with Gasteiger partial charge >= 0.3 is 12.1 Å². The summed E-state index contributed by atoms with van der Waals surface area (Å²) in [6.07, 6.45) is -1.56. The summed E-state index contributed by atoms with van der Waals surface area (Å²) in [6.45, 7) is 1.83. The predicted octanol–water partition coefficient (Wildman–Crippen LogP) is 8.00. The normalized spacial score (nSPS) is 12.2. The monoisotopic (exact) mass is 611 g/mol. The first-order valence-electron chi connectivity index (χ1n) is 13.2. The summed E-state index contributed by atoms with van der Waals surface area (Å²) >= 11 is 5.90. The van der Waals surface area contributed by atoms with Crippen molar-refractivity contribution in [1.29, 1.82) is 0 Å². The summed E-state index contributed by atoms with van der Waals surface area (Å²) in [7, 11) is 0. The standard InChI is InChI=1S/C33H26ClF4NO4/c1-2-43-31(41)16-13-26(17-20-3-5-21(6-4-20)24-9-14-29(35)28(34)19-24)39-32(42)27-18-23(10-15-30(27)40)22-7-11-25(12-8-22)33(36,37)38/h3-16,18-19,26,40H,2,17H2,1H3,(H,39,42)/t26-/m0/s1. The van der Waals surface area contributed by atoms with Crippen molar-refractivity contribution >= 4 is 23.5 Å². The average molecular weight is 612 g/mol. The Hall–Kier alpha value is -4.63. The van der Waals surface area contributed by atoms with Gasteiger partial charge in [-0.15, -0.1) is 0 Å². The van der Waals surface area contributed by atoms with Gasteiger partial charge in [-0.25, -0.2) is 9.18 Å². The van der Waals surface area contributed by atoms with E-state index in [0.29, 0.717) is 16.7 Å². The van der Waals surface area contributed by atoms with E-state index in [1.165, 1.54) is 54.6 Å². The van der Waals surface area contributed by atoms with Gasteiger partial charge in [0.05, 0.1) is 28.8 Å². The van der Waals surface area contributed by atoms with Gasteiger partial charge in [-0.05, 0) is 77.6 Å². The molecule has 0 spiro atoms. The Morgan fingerprint density at radius 2 is 1.49 bits per heavy atom. The first-order chi connectivity index (χ1) is 20.4. The van der Waals surface area contributed by atoms with Crippen molar-refractivity contribution in [2.75, 3.05) is 6.61 Å². The summed E-state index contributed by atoms with van der Waals surface area (Å²) in [5.74, 6) is -2.12. The number of hydrogen-bond donors (Lipinski definition) is 2. The number of amides is 1. The van der Waals surface area contributed by atoms with E-state index >= 15 is 0 Å². The Morgan fingerprint density at radius 1 is 0.907 bits per heavy atom. The van der Waals surface area contributed by atoms with E-state index in [1.54, 1.807) is 13.0 Å². The second kappa shape index (κ2) is 13.6. The summed E-state index contributed by atoms with van der Waals surface area (Å²) < 4.78 is 57.4. The molecule has 4 aromatic carbocycles. The van der Waals surface area contributed by atoms with E-state index in [4.69, 9.17) is 16.3 Å². The number of carbonyl (C=O) groups is 2. The summed E-state index contributed by atoms with van der Waals surface area (Å²) in [4.78, 5) is 25.3. The van der Waals surface area contributed by atoms with E-state index in [1.807, 2.05) is 24.3 Å². The molecule has 2 N–H and O–H groups in total. The van der Waals surface area contributed by atoms with Crippen LogP contribution in [0.5, 0.6) is 5.75 Å². The maximum atomic E-state index is 13.6. The van der Waals surface area contributed by atoms with Gasteiger partial charge < -0.3 is 15.2 Å². The third-order valence-corrected chi connectivity index (χ3v) is 6.81. The minimum atomic E-state index is -4.49. The van der Waals surface area contributed by atoms with Crippen molar-refractivity contribution in [1.82, 2.24) is 5.32 Å². The molecule has 10 heteroatoms. The molecule has 0 bridgehead atoms. The zero-order valence-electron chi connectivity index (χ0n) is 22.8. The number of benzene rings is 4. The first kappa shape index (κ1) is 31.3. The number of phenolic OH excluding ortho intramolecular Hbond substituents is 1. The van der Waals surface area contributed by atoms with Gasteiger partial charge in [0, 0.05) is 6.08 Å². The van der Waals surface area contributed by atoms with Crippen LogP contribution in [0.15, 0.2) is 97.1 Å². The highest BCUT2D eigenvalue weighted by atomic mass is 35.5. The zero-order chi connectivity index (χ0) is 31.1. The molecular weight excluding hydrogens is 586 g/mol. The molecule has 0 saturated carbocycles. The topological polar surface area (TPSA) is 75.6 Å². The van der Waals surface area contributed by atoms with Crippen LogP contribution in [0.1, 0.15) is 28.4 Å². The van der Waals surface area contributed by atoms with Crippen LogP contribution in [0.4, 0.5) is 17.6 Å². The molecule has 1 atom stereocenters. The van der Waals surface area contributed by atoms with Crippen LogP contribution < -0.4 is 5.32 Å². The van der Waals surface area contributed by atoms with Crippen LogP contribution >= 0.6 is 11.6 Å². The minimum Gasteiger partial charge on any atom is -0.507 e. The van der Waals surface area contributed by atoms with Crippen molar-refractivity contribution in [3.8, 4) is 28.0 Å². The molecule has 0 aliphatic heterocycles. The summed E-state index contributed by atoms with van der Waals surface area (Å²) in [5.41, 5.74) is 2.23. The number of rotatable bonds is 9. The smallest absolute Gasteiger partial charge is 0.416 e. The lowest BCUT2D eigenvalue weighted by molar-refractivity contribution is -0.138. The van der Waals surface area contributed by atoms with Crippen LogP contribution in [-0.2, 0) is 22.1 Å². The van der Waals surface area contributed by atoms with Gasteiger partial charge in [0.25, 0.3) is 5.91 Å². The maximum Gasteiger partial charge on any atom is 0.416 e. The van der Waals surface area contributed by atoms with E-state index in [9.17, 15) is 32.3 Å². The molecule has 0 heterocycles. The molecule has 222 valence electrons. The fraction of sp³-hybridized carbons (Fsp3) is 0.152. The molecule has 5 nitrogen and oxygen atoms in total. The lowest BCUT2D eigenvalue weighted by Crippen LogP contribution is -2.35. The molecule has 4 aromatic rings. The Balaban J connectivity index is 1.56. The van der Waals surface area contributed by atoms with Crippen LogP contribution in [0.3, 0.4) is 0 Å². The van der Waals surface area contributed by atoms with Gasteiger partial charge in [-0.1, -0.05) is 66.2 Å². The van der Waals surface area contributed by atoms with Gasteiger partial charge in [0.15, 0.2) is 0 Å². The van der Waals surface area contributed by atoms with E-state index in [-0.39, 0.29) is 29.4 Å². The average Bonchev–Trinajstić information content (AvgIpc) is 2.98. The third kappa shape index (κ3) is 8.23. The molecule has 43 heavy (non-hydrogen) atoms. The van der Waals surface area contributed by atoms with Crippen LogP contribution in [0.2, 0.25) is 5.02 Å². The highest BCUT2D eigenvalue weighted by Crippen LogP contribution is 2.32. The highest BCUT2D eigenvalue weighted by Gasteiger charge is 2.30. The summed E-state index contributed by atoms with van der Waals surface area (Å²) in [6, 6.07) is 19.5. The first-order valence-corrected chi connectivity index (χ1v) is 13.5. The van der Waals surface area contributed by atoms with Crippen LogP contribution in [0, 0.1) is 5.82 Å². The number of halogens is 5. The molecule has 0 aliphatic carbocycles. The number of esters is 1. The minimum absolute atomic E-state index is 0.000834. The Kier molecular flexibility index (Phi) is 9.88. The number of alkyl halides is 3. The Bertz CT molecular complexity index is 1630. The van der Waals surface area contributed by atoms with Gasteiger partial charge in [0.1, 0.15) is 11.6 Å². The van der Waals surface area contributed by atoms with E-state index in [0.717, 1.165) is 23.3 Å². The molecule has 0 saturated heterocycles. The second-order valence-corrected chi connectivity index (χ2v) is 9.94. The van der Waals surface area contributed by atoms with Crippen molar-refractivity contribution in [2.24, 2.45) is 0 Å². The van der Waals surface area contributed by atoms with Crippen LogP contribution in [-0.4, -0.2) is 29.6 Å². The van der Waals surface area contributed by atoms with Gasteiger partial charge in [0.2, 0.25) is 0 Å². The number of carbonyl (C=O) groups excluding carboxylic acids is 2. The highest BCUT2D eigenvalue weighted by molar-refractivity contribution is 6.31. The van der Waals surface area contributed by atoms with Gasteiger partial charge in [-0.3, -0.25) is 4.79 Å². The van der Waals surface area contributed by atoms with E-state index < -0.39 is 35.5 Å².